The fourth-order valence-corrected chi connectivity index (χ4v) is 6.16. The van der Waals surface area contributed by atoms with Gasteiger partial charge in [0.05, 0.1) is 27.8 Å². The zero-order chi connectivity index (χ0) is 30.5. The first-order chi connectivity index (χ1) is 22.8. The van der Waals surface area contributed by atoms with Gasteiger partial charge in [-0.05, 0) is 82.9 Å². The molecule has 0 amide bonds. The molecule has 4 aromatic carbocycles. The lowest BCUT2D eigenvalue weighted by atomic mass is 9.96. The Morgan fingerprint density at radius 2 is 0.957 bits per heavy atom. The van der Waals surface area contributed by atoms with E-state index < -0.39 is 0 Å². The Labute approximate surface area is 264 Å². The first-order valence-electron chi connectivity index (χ1n) is 15.1. The van der Waals surface area contributed by atoms with E-state index in [0.717, 1.165) is 82.8 Å². The molecule has 0 aliphatic heterocycles. The zero-order valence-corrected chi connectivity index (χ0v) is 24.5. The van der Waals surface area contributed by atoms with Gasteiger partial charge in [-0.25, -0.2) is 19.9 Å². The van der Waals surface area contributed by atoms with Gasteiger partial charge >= 0.3 is 0 Å². The van der Waals surface area contributed by atoms with Crippen molar-refractivity contribution in [3.05, 3.63) is 146 Å². The van der Waals surface area contributed by atoms with Gasteiger partial charge in [-0.15, -0.1) is 0 Å². The van der Waals surface area contributed by atoms with Crippen LogP contribution in [0.15, 0.2) is 146 Å². The van der Waals surface area contributed by atoms with E-state index in [-0.39, 0.29) is 0 Å². The Hall–Kier alpha value is -6.40. The van der Waals surface area contributed by atoms with E-state index in [9.17, 15) is 0 Å². The van der Waals surface area contributed by atoms with Crippen molar-refractivity contribution in [3.63, 3.8) is 0 Å². The van der Waals surface area contributed by atoms with Gasteiger partial charge < -0.3 is 0 Å². The van der Waals surface area contributed by atoms with E-state index in [2.05, 4.69) is 117 Å². The smallest absolute Gasteiger partial charge is 0.178 e. The van der Waals surface area contributed by atoms with Crippen LogP contribution in [0.1, 0.15) is 0 Å². The minimum absolute atomic E-state index is 0.625. The number of nitrogens with zero attached hydrogens (tertiary/aromatic N) is 6. The number of rotatable bonds is 4. The topological polar surface area (TPSA) is 77.3 Å². The summed E-state index contributed by atoms with van der Waals surface area (Å²) in [6.45, 7) is 0. The zero-order valence-electron chi connectivity index (χ0n) is 24.5. The molecular weight excluding hydrogens is 564 g/mol. The van der Waals surface area contributed by atoms with E-state index in [0.29, 0.717) is 5.82 Å². The third kappa shape index (κ3) is 4.52. The van der Waals surface area contributed by atoms with E-state index in [4.69, 9.17) is 9.97 Å². The predicted molar refractivity (Wildman–Crippen MR) is 185 cm³/mol. The molecule has 214 valence electrons. The lowest BCUT2D eigenvalue weighted by Crippen LogP contribution is -1.91. The highest BCUT2D eigenvalue weighted by Gasteiger charge is 2.12. The third-order valence-electron chi connectivity index (χ3n) is 8.46. The third-order valence-corrected chi connectivity index (χ3v) is 8.46. The van der Waals surface area contributed by atoms with Crippen LogP contribution in [0.2, 0.25) is 0 Å². The molecule has 6 nitrogen and oxygen atoms in total. The Balaban J connectivity index is 1.02. The van der Waals surface area contributed by atoms with Crippen molar-refractivity contribution < 1.29 is 0 Å². The summed E-state index contributed by atoms with van der Waals surface area (Å²) in [5, 5.41) is 4.33. The van der Waals surface area contributed by atoms with Gasteiger partial charge in [0.2, 0.25) is 0 Å². The fraction of sp³-hybridized carbons (Fsp3) is 0. The molecule has 0 radical (unpaired) electrons. The Bertz CT molecular complexity index is 2580. The SMILES string of the molecule is c1cnc(-c2ccc3cc(-c4ccc5nc(-c6ccc(-c7cc8cccnc8c8ncccc78)cc6)ccc5c4)ccc3n2)nc1. The summed E-state index contributed by atoms with van der Waals surface area (Å²) in [4.78, 5) is 27.7. The standard InChI is InChI=1S/C40H24N6/c1-4-31-24-33(32-5-2-19-42-39(32)38(31)41-18-1)25-6-8-26(9-7-25)34-16-12-29-22-27(10-14-35(29)45-34)28-11-15-36-30(23-28)13-17-37(46-36)40-43-20-3-21-44-40/h1-24H. The first kappa shape index (κ1) is 26.0. The second kappa shape index (κ2) is 10.6. The first-order valence-corrected chi connectivity index (χ1v) is 15.1. The summed E-state index contributed by atoms with van der Waals surface area (Å²) in [7, 11) is 0. The number of aromatic nitrogens is 6. The monoisotopic (exact) mass is 588 g/mol. The second-order valence-corrected chi connectivity index (χ2v) is 11.3. The van der Waals surface area contributed by atoms with Gasteiger partial charge in [-0.2, -0.15) is 0 Å². The maximum absolute atomic E-state index is 5.02. The second-order valence-electron chi connectivity index (χ2n) is 11.3. The highest BCUT2D eigenvalue weighted by molar-refractivity contribution is 6.10. The molecule has 0 bridgehead atoms. The lowest BCUT2D eigenvalue weighted by molar-refractivity contribution is 1.15. The molecule has 0 aliphatic carbocycles. The van der Waals surface area contributed by atoms with E-state index in [1.807, 2.05) is 30.6 Å². The van der Waals surface area contributed by atoms with Gasteiger partial charge in [0.1, 0.15) is 5.69 Å². The molecule has 6 heteroatoms. The molecule has 0 saturated heterocycles. The number of fused-ring (bicyclic) bond motifs is 5. The van der Waals surface area contributed by atoms with Crippen LogP contribution in [0.25, 0.3) is 88.6 Å². The largest absolute Gasteiger partial charge is 0.254 e. The van der Waals surface area contributed by atoms with Crippen LogP contribution in [0.3, 0.4) is 0 Å². The van der Waals surface area contributed by atoms with Crippen LogP contribution >= 0.6 is 0 Å². The highest BCUT2D eigenvalue weighted by atomic mass is 14.9. The summed E-state index contributed by atoms with van der Waals surface area (Å²) in [5.74, 6) is 0.625. The average molecular weight is 589 g/mol. The summed E-state index contributed by atoms with van der Waals surface area (Å²) in [5.41, 5.74) is 11.0. The lowest BCUT2D eigenvalue weighted by Gasteiger charge is -2.11. The molecule has 0 unspecified atom stereocenters. The van der Waals surface area contributed by atoms with Crippen LogP contribution < -0.4 is 0 Å². The van der Waals surface area contributed by atoms with Crippen molar-refractivity contribution >= 4 is 43.6 Å². The van der Waals surface area contributed by atoms with Crippen LogP contribution in [-0.2, 0) is 0 Å². The van der Waals surface area contributed by atoms with Crippen molar-refractivity contribution in [2.45, 2.75) is 0 Å². The van der Waals surface area contributed by atoms with Crippen LogP contribution in [-0.4, -0.2) is 29.9 Å². The van der Waals surface area contributed by atoms with Crippen molar-refractivity contribution in [3.8, 4) is 45.0 Å². The van der Waals surface area contributed by atoms with Gasteiger partial charge in [-0.3, -0.25) is 9.97 Å². The average Bonchev–Trinajstić information content (AvgIpc) is 3.14. The van der Waals surface area contributed by atoms with Gasteiger partial charge in [0.25, 0.3) is 0 Å². The van der Waals surface area contributed by atoms with E-state index >= 15 is 0 Å². The van der Waals surface area contributed by atoms with Crippen molar-refractivity contribution in [2.75, 3.05) is 0 Å². The molecule has 0 saturated carbocycles. The minimum atomic E-state index is 0.625. The molecule has 5 aromatic heterocycles. The molecule has 46 heavy (non-hydrogen) atoms. The van der Waals surface area contributed by atoms with E-state index in [1.165, 1.54) is 0 Å². The summed E-state index contributed by atoms with van der Waals surface area (Å²) < 4.78 is 0. The summed E-state index contributed by atoms with van der Waals surface area (Å²) in [6, 6.07) is 41.9. The predicted octanol–water partition coefficient (Wildman–Crippen LogP) is 9.34. The highest BCUT2D eigenvalue weighted by Crippen LogP contribution is 2.34. The molecule has 9 aromatic rings. The molecule has 0 fully saturated rings. The maximum atomic E-state index is 5.02. The molecule has 0 aliphatic rings. The summed E-state index contributed by atoms with van der Waals surface area (Å²) >= 11 is 0. The number of hydrogen-bond donors (Lipinski definition) is 0. The van der Waals surface area contributed by atoms with Crippen LogP contribution in [0.5, 0.6) is 0 Å². The normalized spacial score (nSPS) is 11.5. The van der Waals surface area contributed by atoms with Crippen molar-refractivity contribution in [1.29, 1.82) is 0 Å². The molecule has 0 N–H and O–H groups in total. The van der Waals surface area contributed by atoms with Gasteiger partial charge in [0.15, 0.2) is 5.82 Å². The molecule has 5 heterocycles. The van der Waals surface area contributed by atoms with Crippen LogP contribution in [0.4, 0.5) is 0 Å². The Morgan fingerprint density at radius 1 is 0.370 bits per heavy atom. The molecule has 9 rings (SSSR count). The maximum Gasteiger partial charge on any atom is 0.178 e. The number of pyridine rings is 4. The van der Waals surface area contributed by atoms with Crippen LogP contribution in [0, 0.1) is 0 Å². The minimum Gasteiger partial charge on any atom is -0.254 e. The number of benzene rings is 4. The fourth-order valence-electron chi connectivity index (χ4n) is 6.16. The molecule has 0 spiro atoms. The summed E-state index contributed by atoms with van der Waals surface area (Å²) in [6.07, 6.45) is 7.11. The van der Waals surface area contributed by atoms with Gasteiger partial charge in [-0.1, -0.05) is 60.7 Å². The number of hydrogen-bond acceptors (Lipinski definition) is 6. The van der Waals surface area contributed by atoms with Gasteiger partial charge in [0, 0.05) is 51.9 Å². The molecular formula is C40H24N6. The Kier molecular flexibility index (Phi) is 6.03. The molecule has 0 atom stereocenters. The van der Waals surface area contributed by atoms with E-state index in [1.54, 1.807) is 18.5 Å². The van der Waals surface area contributed by atoms with Crippen molar-refractivity contribution in [2.24, 2.45) is 0 Å². The van der Waals surface area contributed by atoms with Crippen molar-refractivity contribution in [1.82, 2.24) is 29.9 Å². The Morgan fingerprint density at radius 3 is 1.70 bits per heavy atom. The quantitative estimate of drug-likeness (QED) is 0.191.